The summed E-state index contributed by atoms with van der Waals surface area (Å²) in [7, 11) is 0. The van der Waals surface area contributed by atoms with Crippen LogP contribution in [0.5, 0.6) is 5.75 Å². The van der Waals surface area contributed by atoms with Gasteiger partial charge < -0.3 is 14.6 Å². The zero-order chi connectivity index (χ0) is 18.1. The number of aromatic amines is 1. The molecule has 0 atom stereocenters. The summed E-state index contributed by atoms with van der Waals surface area (Å²) in [6, 6.07) is 13.4. The molecule has 134 valence electrons. The van der Waals surface area contributed by atoms with E-state index in [4.69, 9.17) is 27.9 Å². The Labute approximate surface area is 161 Å². The molecule has 1 saturated carbocycles. The SMILES string of the molecule is O=C(COc1ccc(Cl)cc1Cl)N(Cc1cccc2[nH]ccc12)C1CC1. The van der Waals surface area contributed by atoms with Gasteiger partial charge in [0.05, 0.1) is 5.02 Å². The maximum atomic E-state index is 12.8. The average molecular weight is 389 g/mol. The summed E-state index contributed by atoms with van der Waals surface area (Å²) in [5.74, 6) is 0.430. The summed E-state index contributed by atoms with van der Waals surface area (Å²) in [5, 5.41) is 2.08. The molecule has 0 radical (unpaired) electrons. The Morgan fingerprint density at radius 2 is 2.04 bits per heavy atom. The van der Waals surface area contributed by atoms with Crippen LogP contribution in [0.2, 0.25) is 10.0 Å². The van der Waals surface area contributed by atoms with Gasteiger partial charge in [-0.15, -0.1) is 0 Å². The van der Waals surface area contributed by atoms with Gasteiger partial charge in [-0.3, -0.25) is 4.79 Å². The molecule has 0 aliphatic heterocycles. The number of halogens is 2. The highest BCUT2D eigenvalue weighted by Gasteiger charge is 2.33. The highest BCUT2D eigenvalue weighted by atomic mass is 35.5. The number of benzene rings is 2. The van der Waals surface area contributed by atoms with Crippen LogP contribution < -0.4 is 4.74 Å². The summed E-state index contributed by atoms with van der Waals surface area (Å²) in [6.07, 6.45) is 4.00. The number of nitrogens with zero attached hydrogens (tertiary/aromatic N) is 1. The van der Waals surface area contributed by atoms with E-state index in [1.54, 1.807) is 18.2 Å². The van der Waals surface area contributed by atoms with Gasteiger partial charge in [0, 0.05) is 34.7 Å². The highest BCUT2D eigenvalue weighted by molar-refractivity contribution is 6.35. The first-order valence-electron chi connectivity index (χ1n) is 8.54. The Morgan fingerprint density at radius 1 is 1.19 bits per heavy atom. The molecule has 1 aliphatic carbocycles. The molecule has 0 unspecified atom stereocenters. The second-order valence-electron chi connectivity index (χ2n) is 6.47. The van der Waals surface area contributed by atoms with E-state index in [2.05, 4.69) is 11.1 Å². The van der Waals surface area contributed by atoms with Crippen LogP contribution in [0.4, 0.5) is 0 Å². The van der Waals surface area contributed by atoms with Crippen molar-refractivity contribution in [1.82, 2.24) is 9.88 Å². The number of fused-ring (bicyclic) bond motifs is 1. The summed E-state index contributed by atoms with van der Waals surface area (Å²) < 4.78 is 5.63. The van der Waals surface area contributed by atoms with Crippen molar-refractivity contribution in [2.45, 2.75) is 25.4 Å². The smallest absolute Gasteiger partial charge is 0.261 e. The molecule has 4 nitrogen and oxygen atoms in total. The van der Waals surface area contributed by atoms with Crippen molar-refractivity contribution in [2.24, 2.45) is 0 Å². The minimum absolute atomic E-state index is 0.0361. The molecule has 3 aromatic rings. The Kier molecular flexibility index (Phi) is 4.79. The normalized spacial score (nSPS) is 13.8. The molecule has 1 amide bonds. The fraction of sp³-hybridized carbons (Fsp3) is 0.250. The van der Waals surface area contributed by atoms with Gasteiger partial charge >= 0.3 is 0 Å². The first kappa shape index (κ1) is 17.3. The minimum atomic E-state index is -0.0407. The first-order valence-corrected chi connectivity index (χ1v) is 9.30. The largest absolute Gasteiger partial charge is 0.482 e. The van der Waals surface area contributed by atoms with E-state index in [1.807, 2.05) is 29.3 Å². The molecular weight excluding hydrogens is 371 g/mol. The van der Waals surface area contributed by atoms with Crippen LogP contribution in [-0.2, 0) is 11.3 Å². The van der Waals surface area contributed by atoms with Gasteiger partial charge in [-0.05, 0) is 48.7 Å². The van der Waals surface area contributed by atoms with E-state index in [9.17, 15) is 4.79 Å². The van der Waals surface area contributed by atoms with Crippen LogP contribution in [0, 0.1) is 0 Å². The van der Waals surface area contributed by atoms with Gasteiger partial charge in [0.1, 0.15) is 5.75 Å². The zero-order valence-electron chi connectivity index (χ0n) is 14.0. The molecule has 1 N–H and O–H groups in total. The summed E-state index contributed by atoms with van der Waals surface area (Å²) in [5.41, 5.74) is 2.21. The summed E-state index contributed by atoms with van der Waals surface area (Å²) >= 11 is 12.0. The average Bonchev–Trinajstić information content (AvgIpc) is 3.34. The van der Waals surface area contributed by atoms with Gasteiger partial charge in [0.15, 0.2) is 6.61 Å². The van der Waals surface area contributed by atoms with Crippen molar-refractivity contribution in [3.63, 3.8) is 0 Å². The fourth-order valence-corrected chi connectivity index (χ4v) is 3.56. The van der Waals surface area contributed by atoms with Crippen LogP contribution in [0.3, 0.4) is 0 Å². The van der Waals surface area contributed by atoms with Crippen molar-refractivity contribution in [3.05, 3.63) is 64.3 Å². The van der Waals surface area contributed by atoms with Crippen molar-refractivity contribution < 1.29 is 9.53 Å². The highest BCUT2D eigenvalue weighted by Crippen LogP contribution is 2.31. The van der Waals surface area contributed by atoms with Crippen LogP contribution in [-0.4, -0.2) is 28.4 Å². The number of nitrogens with one attached hydrogen (secondary N) is 1. The van der Waals surface area contributed by atoms with Crippen LogP contribution >= 0.6 is 23.2 Å². The van der Waals surface area contributed by atoms with Crippen molar-refractivity contribution in [3.8, 4) is 5.75 Å². The van der Waals surface area contributed by atoms with Gasteiger partial charge in [-0.1, -0.05) is 35.3 Å². The van der Waals surface area contributed by atoms with E-state index in [0.29, 0.717) is 28.4 Å². The van der Waals surface area contributed by atoms with Gasteiger partial charge in [0.2, 0.25) is 0 Å². The molecule has 0 bridgehead atoms. The van der Waals surface area contributed by atoms with Crippen LogP contribution in [0.15, 0.2) is 48.7 Å². The molecule has 0 spiro atoms. The van der Waals surface area contributed by atoms with Gasteiger partial charge in [-0.25, -0.2) is 0 Å². The van der Waals surface area contributed by atoms with E-state index in [0.717, 1.165) is 29.3 Å². The van der Waals surface area contributed by atoms with Crippen molar-refractivity contribution in [2.75, 3.05) is 6.61 Å². The Hall–Kier alpha value is -2.17. The summed E-state index contributed by atoms with van der Waals surface area (Å²) in [4.78, 5) is 17.9. The number of carbonyl (C=O) groups excluding carboxylic acids is 1. The van der Waals surface area contributed by atoms with Gasteiger partial charge in [-0.2, -0.15) is 0 Å². The Balaban J connectivity index is 1.48. The quantitative estimate of drug-likeness (QED) is 0.642. The van der Waals surface area contributed by atoms with E-state index in [-0.39, 0.29) is 12.5 Å². The number of hydrogen-bond acceptors (Lipinski definition) is 2. The molecule has 2 aromatic carbocycles. The molecule has 1 aliphatic rings. The second-order valence-corrected chi connectivity index (χ2v) is 7.32. The molecule has 6 heteroatoms. The van der Waals surface area contributed by atoms with E-state index < -0.39 is 0 Å². The number of ether oxygens (including phenoxy) is 1. The number of amides is 1. The predicted octanol–water partition coefficient (Wildman–Crippen LogP) is 5.04. The van der Waals surface area contributed by atoms with Gasteiger partial charge in [0.25, 0.3) is 5.91 Å². The number of carbonyl (C=O) groups is 1. The third-order valence-corrected chi connectivity index (χ3v) is 5.11. The maximum absolute atomic E-state index is 12.8. The standard InChI is InChI=1S/C20H18Cl2N2O2/c21-14-4-7-19(17(22)10-14)26-12-20(25)24(15-5-6-15)11-13-2-1-3-18-16(13)8-9-23-18/h1-4,7-10,15,23H,5-6,11-12H2. The number of H-pyrrole nitrogens is 1. The lowest BCUT2D eigenvalue weighted by Gasteiger charge is -2.23. The summed E-state index contributed by atoms with van der Waals surface area (Å²) in [6.45, 7) is 0.539. The lowest BCUT2D eigenvalue weighted by atomic mass is 10.1. The molecule has 4 rings (SSSR count). The van der Waals surface area contributed by atoms with E-state index in [1.165, 1.54) is 0 Å². The topological polar surface area (TPSA) is 45.3 Å². The second kappa shape index (κ2) is 7.22. The molecule has 1 heterocycles. The Bertz CT molecular complexity index is 950. The minimum Gasteiger partial charge on any atom is -0.482 e. The molecule has 0 saturated heterocycles. The third-order valence-electron chi connectivity index (χ3n) is 4.58. The molecule has 26 heavy (non-hydrogen) atoms. The number of hydrogen-bond donors (Lipinski definition) is 1. The lowest BCUT2D eigenvalue weighted by molar-refractivity contribution is -0.134. The van der Waals surface area contributed by atoms with Crippen molar-refractivity contribution >= 4 is 40.0 Å². The monoisotopic (exact) mass is 388 g/mol. The zero-order valence-corrected chi connectivity index (χ0v) is 15.6. The maximum Gasteiger partial charge on any atom is 0.261 e. The number of rotatable bonds is 6. The Morgan fingerprint density at radius 3 is 2.81 bits per heavy atom. The first-order chi connectivity index (χ1) is 12.6. The number of aromatic nitrogens is 1. The molecule has 1 fully saturated rings. The predicted molar refractivity (Wildman–Crippen MR) is 104 cm³/mol. The van der Waals surface area contributed by atoms with Crippen LogP contribution in [0.25, 0.3) is 10.9 Å². The van der Waals surface area contributed by atoms with E-state index >= 15 is 0 Å². The molecule has 1 aromatic heterocycles. The van der Waals surface area contributed by atoms with Crippen molar-refractivity contribution in [1.29, 1.82) is 0 Å². The van der Waals surface area contributed by atoms with Crippen LogP contribution in [0.1, 0.15) is 18.4 Å². The fourth-order valence-electron chi connectivity index (χ4n) is 3.09. The molecular formula is C20H18Cl2N2O2. The lowest BCUT2D eigenvalue weighted by Crippen LogP contribution is -2.36. The third kappa shape index (κ3) is 3.67.